The largest absolute Gasteiger partial charge is 0.334 e. The van der Waals surface area contributed by atoms with Gasteiger partial charge in [0.05, 0.1) is 18.1 Å². The zero-order valence-corrected chi connectivity index (χ0v) is 21.7. The van der Waals surface area contributed by atoms with Crippen molar-refractivity contribution in [2.75, 3.05) is 13.6 Å². The Morgan fingerprint density at radius 2 is 1.81 bits per heavy atom. The van der Waals surface area contributed by atoms with Crippen LogP contribution >= 0.6 is 11.6 Å². The molecule has 0 aliphatic carbocycles. The summed E-state index contributed by atoms with van der Waals surface area (Å²) in [6.07, 6.45) is 1.08. The molecule has 2 fully saturated rings. The fourth-order valence-corrected chi connectivity index (χ4v) is 5.39. The number of hydrogen-bond donors (Lipinski definition) is 1. The van der Waals surface area contributed by atoms with Crippen molar-refractivity contribution >= 4 is 40.3 Å². The van der Waals surface area contributed by atoms with E-state index < -0.39 is 18.2 Å². The highest BCUT2D eigenvalue weighted by Crippen LogP contribution is 2.31. The van der Waals surface area contributed by atoms with Gasteiger partial charge < -0.3 is 15.1 Å². The van der Waals surface area contributed by atoms with E-state index in [0.29, 0.717) is 18.1 Å². The summed E-state index contributed by atoms with van der Waals surface area (Å²) in [6.45, 7) is 4.23. The highest BCUT2D eigenvalue weighted by atomic mass is 35.5. The van der Waals surface area contributed by atoms with Crippen molar-refractivity contribution in [3.63, 3.8) is 0 Å². The van der Waals surface area contributed by atoms with E-state index in [9.17, 15) is 14.4 Å². The van der Waals surface area contributed by atoms with Gasteiger partial charge in [0.2, 0.25) is 11.8 Å². The van der Waals surface area contributed by atoms with Crippen molar-refractivity contribution in [2.24, 2.45) is 0 Å². The molecule has 0 radical (unpaired) electrons. The van der Waals surface area contributed by atoms with Crippen LogP contribution in [0.25, 0.3) is 10.9 Å². The van der Waals surface area contributed by atoms with Crippen LogP contribution in [-0.2, 0) is 22.7 Å². The Morgan fingerprint density at radius 3 is 2.57 bits per heavy atom. The Labute approximate surface area is 220 Å². The Balaban J connectivity index is 1.43. The fourth-order valence-electron chi connectivity index (χ4n) is 5.26. The van der Waals surface area contributed by atoms with E-state index in [0.717, 1.165) is 22.0 Å². The number of nitrogens with zero attached hydrogens (tertiary/aromatic N) is 5. The summed E-state index contributed by atoms with van der Waals surface area (Å²) in [5, 5.41) is 7.74. The molecule has 10 heteroatoms. The molecule has 2 aliphatic rings. The summed E-state index contributed by atoms with van der Waals surface area (Å²) in [5.74, 6) is -0.343. The quantitative estimate of drug-likeness (QED) is 0.570. The zero-order chi connectivity index (χ0) is 26.3. The van der Waals surface area contributed by atoms with Gasteiger partial charge in [-0.3, -0.25) is 14.6 Å². The van der Waals surface area contributed by atoms with Crippen molar-refractivity contribution in [1.82, 2.24) is 30.1 Å². The van der Waals surface area contributed by atoms with Crippen LogP contribution in [0.3, 0.4) is 0 Å². The molecule has 37 heavy (non-hydrogen) atoms. The Kier molecular flexibility index (Phi) is 6.74. The van der Waals surface area contributed by atoms with Gasteiger partial charge in [-0.1, -0.05) is 48.0 Å². The van der Waals surface area contributed by atoms with E-state index in [1.165, 1.54) is 0 Å². The van der Waals surface area contributed by atoms with Gasteiger partial charge >= 0.3 is 6.03 Å². The Morgan fingerprint density at radius 1 is 1.08 bits per heavy atom. The number of amides is 4. The average molecular weight is 521 g/mol. The van der Waals surface area contributed by atoms with Gasteiger partial charge in [-0.05, 0) is 43.2 Å². The molecule has 2 aromatic carbocycles. The number of hydrogen-bond acceptors (Lipinski definition) is 5. The van der Waals surface area contributed by atoms with E-state index in [1.54, 1.807) is 52.1 Å². The third-order valence-electron chi connectivity index (χ3n) is 7.16. The average Bonchev–Trinajstić information content (AvgIpc) is 2.89. The number of hydrazine groups is 1. The number of nitrogens with one attached hydrogen (secondary N) is 1. The normalized spacial score (nSPS) is 22.4. The van der Waals surface area contributed by atoms with Crippen LogP contribution in [0.5, 0.6) is 0 Å². The van der Waals surface area contributed by atoms with Crippen molar-refractivity contribution in [2.45, 2.75) is 45.2 Å². The number of likely N-dealkylation sites (N-methyl/N-ethyl adjacent to an activating group) is 1. The van der Waals surface area contributed by atoms with E-state index in [4.69, 9.17) is 11.6 Å². The summed E-state index contributed by atoms with van der Waals surface area (Å²) in [7, 11) is 1.71. The van der Waals surface area contributed by atoms with Crippen LogP contribution in [0, 0.1) is 0 Å². The van der Waals surface area contributed by atoms with E-state index in [2.05, 4.69) is 10.3 Å². The number of carbonyl (C=O) groups excluding carboxylic acids is 3. The monoisotopic (exact) mass is 520 g/mol. The molecular formula is C27H29ClN6O3. The maximum atomic E-state index is 13.5. The van der Waals surface area contributed by atoms with Gasteiger partial charge in [-0.15, -0.1) is 0 Å². The number of urea groups is 1. The first kappa shape index (κ1) is 25.0. The summed E-state index contributed by atoms with van der Waals surface area (Å²) >= 11 is 5.97. The SMILES string of the molecule is C[C@H]1[C@H]2N(C(=O)CN(C)N2C(=O)NCc2ccc(Cl)cc2)[C@@H](C)C(=O)N1Cc1cccc2cccnc12. The van der Waals surface area contributed by atoms with Crippen LogP contribution in [0.1, 0.15) is 25.0 Å². The third kappa shape index (κ3) is 4.60. The number of pyridine rings is 1. The maximum absolute atomic E-state index is 13.5. The molecule has 3 heterocycles. The first-order valence-corrected chi connectivity index (χ1v) is 12.6. The summed E-state index contributed by atoms with van der Waals surface area (Å²) in [4.78, 5) is 47.9. The number of carbonyl (C=O) groups is 3. The summed E-state index contributed by atoms with van der Waals surface area (Å²) < 4.78 is 0. The van der Waals surface area contributed by atoms with Gasteiger partial charge in [0.1, 0.15) is 12.2 Å². The molecule has 0 saturated carbocycles. The first-order valence-electron chi connectivity index (χ1n) is 12.2. The van der Waals surface area contributed by atoms with Crippen molar-refractivity contribution in [3.05, 3.63) is 76.9 Å². The number of aromatic nitrogens is 1. The molecule has 3 aromatic rings. The predicted molar refractivity (Wildman–Crippen MR) is 140 cm³/mol. The molecule has 9 nitrogen and oxygen atoms in total. The standard InChI is InChI=1S/C27H29ClN6O3/c1-17-25-33(18(2)26(36)32(17)15-21-7-4-6-20-8-5-13-29-24(20)21)23(35)16-31(3)34(25)27(37)30-14-19-9-11-22(28)12-10-19/h4-13,17-18,25H,14-16H2,1-3H3,(H,30,37)/t17-,18-,25-/m0/s1. The number of fused-ring (bicyclic) bond motifs is 2. The number of para-hydroxylation sites is 1. The lowest BCUT2D eigenvalue weighted by Crippen LogP contribution is -2.77. The molecule has 0 bridgehead atoms. The topological polar surface area (TPSA) is 89.1 Å². The van der Waals surface area contributed by atoms with Crippen molar-refractivity contribution < 1.29 is 14.4 Å². The minimum absolute atomic E-state index is 0.00243. The Bertz CT molecular complexity index is 1340. The van der Waals surface area contributed by atoms with Gasteiger partial charge in [-0.2, -0.15) is 0 Å². The van der Waals surface area contributed by atoms with Gasteiger partial charge in [0.15, 0.2) is 0 Å². The number of piperazine rings is 1. The second kappa shape index (κ2) is 9.99. The third-order valence-corrected chi connectivity index (χ3v) is 7.41. The molecule has 3 atom stereocenters. The number of rotatable bonds is 4. The lowest BCUT2D eigenvalue weighted by atomic mass is 10.00. The van der Waals surface area contributed by atoms with Crippen molar-refractivity contribution in [1.29, 1.82) is 0 Å². The van der Waals surface area contributed by atoms with Crippen LogP contribution in [0.2, 0.25) is 5.02 Å². The van der Waals surface area contributed by atoms with Gasteiger partial charge in [0.25, 0.3) is 0 Å². The fraction of sp³-hybridized carbons (Fsp3) is 0.333. The van der Waals surface area contributed by atoms with Crippen LogP contribution in [0.15, 0.2) is 60.8 Å². The van der Waals surface area contributed by atoms with Crippen LogP contribution in [-0.4, -0.2) is 74.5 Å². The molecule has 2 aliphatic heterocycles. The highest BCUT2D eigenvalue weighted by molar-refractivity contribution is 6.30. The smallest absolute Gasteiger partial charge is 0.333 e. The molecule has 4 amide bonds. The van der Waals surface area contributed by atoms with Crippen LogP contribution < -0.4 is 5.32 Å². The van der Waals surface area contributed by atoms with Crippen molar-refractivity contribution in [3.8, 4) is 0 Å². The number of benzene rings is 2. The molecule has 2 saturated heterocycles. The molecule has 0 spiro atoms. The molecular weight excluding hydrogens is 492 g/mol. The van der Waals surface area contributed by atoms with E-state index in [1.807, 2.05) is 49.4 Å². The molecule has 5 rings (SSSR count). The highest BCUT2D eigenvalue weighted by Gasteiger charge is 2.52. The lowest BCUT2D eigenvalue weighted by Gasteiger charge is -2.56. The second-order valence-electron chi connectivity index (χ2n) is 9.54. The minimum Gasteiger partial charge on any atom is -0.333 e. The van der Waals surface area contributed by atoms with Gasteiger partial charge in [0, 0.05) is 36.7 Å². The maximum Gasteiger partial charge on any atom is 0.334 e. The Hall–Kier alpha value is -3.69. The molecule has 1 aromatic heterocycles. The molecule has 192 valence electrons. The summed E-state index contributed by atoms with van der Waals surface area (Å²) in [5.41, 5.74) is 2.64. The van der Waals surface area contributed by atoms with Gasteiger partial charge in [-0.25, -0.2) is 14.8 Å². The lowest BCUT2D eigenvalue weighted by molar-refractivity contribution is -0.194. The van der Waals surface area contributed by atoms with E-state index in [-0.39, 0.29) is 24.4 Å². The first-order chi connectivity index (χ1) is 17.8. The summed E-state index contributed by atoms with van der Waals surface area (Å²) in [6, 6.07) is 15.5. The molecule has 0 unspecified atom stereocenters. The van der Waals surface area contributed by atoms with Crippen LogP contribution in [0.4, 0.5) is 4.79 Å². The van der Waals surface area contributed by atoms with E-state index >= 15 is 0 Å². The zero-order valence-electron chi connectivity index (χ0n) is 21.0. The molecule has 1 N–H and O–H groups in total. The minimum atomic E-state index is -0.711. The predicted octanol–water partition coefficient (Wildman–Crippen LogP) is 3.23. The number of halogens is 1. The second-order valence-corrected chi connectivity index (χ2v) is 9.97.